The third-order valence-corrected chi connectivity index (χ3v) is 5.71. The van der Waals surface area contributed by atoms with Crippen LogP contribution in [0.5, 0.6) is 0 Å². The summed E-state index contributed by atoms with van der Waals surface area (Å²) < 4.78 is 0. The van der Waals surface area contributed by atoms with E-state index in [0.29, 0.717) is 12.3 Å². The summed E-state index contributed by atoms with van der Waals surface area (Å²) in [4.78, 5) is 27.3. The van der Waals surface area contributed by atoms with E-state index in [1.165, 1.54) is 5.56 Å². The van der Waals surface area contributed by atoms with Gasteiger partial charge in [-0.25, -0.2) is 0 Å². The van der Waals surface area contributed by atoms with Crippen molar-refractivity contribution < 1.29 is 4.79 Å². The summed E-state index contributed by atoms with van der Waals surface area (Å²) in [6.07, 6.45) is 5.63. The minimum Gasteiger partial charge on any atom is -0.350 e. The fourth-order valence-corrected chi connectivity index (χ4v) is 3.81. The highest BCUT2D eigenvalue weighted by molar-refractivity contribution is 5.82. The molecule has 4 nitrogen and oxygen atoms in total. The number of amides is 1. The van der Waals surface area contributed by atoms with Crippen LogP contribution in [-0.4, -0.2) is 16.9 Å². The van der Waals surface area contributed by atoms with Gasteiger partial charge in [-0.3, -0.25) is 9.59 Å². The van der Waals surface area contributed by atoms with Crippen molar-refractivity contribution in [2.75, 3.05) is 0 Å². The van der Waals surface area contributed by atoms with Gasteiger partial charge in [0.2, 0.25) is 5.91 Å². The molecule has 0 spiro atoms. The molecule has 1 aromatic carbocycles. The zero-order valence-corrected chi connectivity index (χ0v) is 16.8. The van der Waals surface area contributed by atoms with E-state index < -0.39 is 0 Å². The Morgan fingerprint density at radius 2 is 1.71 bits per heavy atom. The molecule has 2 N–H and O–H groups in total. The Labute approximate surface area is 166 Å². The molecular weight excluding hydrogens is 348 g/mol. The summed E-state index contributed by atoms with van der Waals surface area (Å²) in [6.45, 7) is 6.59. The number of aromatic amines is 1. The Bertz CT molecular complexity index is 973. The van der Waals surface area contributed by atoms with E-state index in [0.717, 1.165) is 41.7 Å². The van der Waals surface area contributed by atoms with Crippen LogP contribution in [0, 0.1) is 0 Å². The predicted molar refractivity (Wildman–Crippen MR) is 112 cm³/mol. The molecule has 1 saturated carbocycles. The third kappa shape index (κ3) is 3.96. The van der Waals surface area contributed by atoms with E-state index in [-0.39, 0.29) is 22.9 Å². The van der Waals surface area contributed by atoms with Gasteiger partial charge in [0.15, 0.2) is 0 Å². The second-order valence-electron chi connectivity index (χ2n) is 9.05. The van der Waals surface area contributed by atoms with E-state index in [1.807, 2.05) is 12.1 Å². The summed E-state index contributed by atoms with van der Waals surface area (Å²) in [6, 6.07) is 12.5. The molecule has 2 aliphatic rings. The molecule has 2 aromatic rings. The van der Waals surface area contributed by atoms with Crippen molar-refractivity contribution in [2.24, 2.45) is 0 Å². The molecule has 0 radical (unpaired) electrons. The molecule has 1 aromatic heterocycles. The fraction of sp³-hybridized carbons (Fsp3) is 0.417. The van der Waals surface area contributed by atoms with Crippen LogP contribution >= 0.6 is 0 Å². The van der Waals surface area contributed by atoms with Crippen molar-refractivity contribution >= 4 is 11.5 Å². The Morgan fingerprint density at radius 1 is 1.00 bits per heavy atom. The lowest BCUT2D eigenvalue weighted by molar-refractivity contribution is -0.119. The van der Waals surface area contributed by atoms with Gasteiger partial charge in [0.25, 0.3) is 5.56 Å². The van der Waals surface area contributed by atoms with Crippen LogP contribution in [0.3, 0.4) is 0 Å². The Balaban J connectivity index is 1.74. The van der Waals surface area contributed by atoms with Gasteiger partial charge in [-0.1, -0.05) is 57.2 Å². The van der Waals surface area contributed by atoms with Gasteiger partial charge in [0.05, 0.1) is 0 Å². The van der Waals surface area contributed by atoms with Crippen LogP contribution in [-0.2, 0) is 10.2 Å². The second-order valence-corrected chi connectivity index (χ2v) is 9.05. The molecule has 4 heteroatoms. The molecule has 146 valence electrons. The number of rotatable bonds is 4. The van der Waals surface area contributed by atoms with Crippen LogP contribution in [0.15, 0.2) is 47.3 Å². The molecule has 1 aliphatic heterocycles. The predicted octanol–water partition coefficient (Wildman–Crippen LogP) is 4.26. The smallest absolute Gasteiger partial charge is 0.251 e. The maximum Gasteiger partial charge on any atom is 0.251 e. The number of nitrogens with one attached hydrogen (secondary N) is 2. The van der Waals surface area contributed by atoms with Crippen molar-refractivity contribution in [3.05, 3.63) is 75.2 Å². The molecule has 1 aliphatic carbocycles. The number of hydrogen-bond donors (Lipinski definition) is 2. The molecule has 2 fully saturated rings. The SMILES string of the molecule is CC(C)(C)c1ccc(C(=C[C@H]2CCC(=O)N2)c2ccc(C3CC3)c(=O)[nH]2)cc1. The maximum absolute atomic E-state index is 12.6. The molecule has 0 unspecified atom stereocenters. The van der Waals surface area contributed by atoms with Crippen LogP contribution < -0.4 is 10.9 Å². The third-order valence-electron chi connectivity index (χ3n) is 5.71. The molecular formula is C24H28N2O2. The first-order chi connectivity index (χ1) is 13.3. The van der Waals surface area contributed by atoms with Crippen molar-refractivity contribution in [3.63, 3.8) is 0 Å². The topological polar surface area (TPSA) is 62.0 Å². The number of aromatic nitrogens is 1. The molecule has 1 saturated heterocycles. The van der Waals surface area contributed by atoms with Crippen molar-refractivity contribution in [1.29, 1.82) is 0 Å². The van der Waals surface area contributed by atoms with Gasteiger partial charge in [-0.15, -0.1) is 0 Å². The van der Waals surface area contributed by atoms with Gasteiger partial charge < -0.3 is 10.3 Å². The zero-order chi connectivity index (χ0) is 19.9. The average Bonchev–Trinajstić information content (AvgIpc) is 3.40. The second kappa shape index (κ2) is 7.08. The number of pyridine rings is 1. The van der Waals surface area contributed by atoms with Gasteiger partial charge in [0.1, 0.15) is 0 Å². The number of hydrogen-bond acceptors (Lipinski definition) is 2. The van der Waals surface area contributed by atoms with Crippen molar-refractivity contribution in [3.8, 4) is 0 Å². The van der Waals surface area contributed by atoms with Gasteiger partial charge in [-0.05, 0) is 47.8 Å². The number of benzene rings is 1. The minimum absolute atomic E-state index is 0.00333. The average molecular weight is 377 g/mol. The lowest BCUT2D eigenvalue weighted by Gasteiger charge is -2.20. The summed E-state index contributed by atoms with van der Waals surface area (Å²) >= 11 is 0. The zero-order valence-electron chi connectivity index (χ0n) is 16.8. The Morgan fingerprint density at radius 3 is 2.25 bits per heavy atom. The van der Waals surface area contributed by atoms with E-state index in [2.05, 4.69) is 61.4 Å². The van der Waals surface area contributed by atoms with Gasteiger partial charge >= 0.3 is 0 Å². The summed E-state index contributed by atoms with van der Waals surface area (Å²) in [7, 11) is 0. The lowest BCUT2D eigenvalue weighted by atomic mass is 9.86. The summed E-state index contributed by atoms with van der Waals surface area (Å²) in [5, 5.41) is 3.01. The highest BCUT2D eigenvalue weighted by Crippen LogP contribution is 2.38. The largest absolute Gasteiger partial charge is 0.350 e. The van der Waals surface area contributed by atoms with Gasteiger partial charge in [-0.2, -0.15) is 0 Å². The van der Waals surface area contributed by atoms with Crippen LogP contribution in [0.4, 0.5) is 0 Å². The lowest BCUT2D eigenvalue weighted by Crippen LogP contribution is -2.23. The molecule has 28 heavy (non-hydrogen) atoms. The monoisotopic (exact) mass is 376 g/mol. The Hall–Kier alpha value is -2.62. The van der Waals surface area contributed by atoms with E-state index in [1.54, 1.807) is 0 Å². The van der Waals surface area contributed by atoms with Crippen LogP contribution in [0.1, 0.15) is 74.8 Å². The van der Waals surface area contributed by atoms with Gasteiger partial charge in [0, 0.05) is 29.3 Å². The Kier molecular flexibility index (Phi) is 4.74. The first-order valence-corrected chi connectivity index (χ1v) is 10.2. The molecule has 1 amide bonds. The maximum atomic E-state index is 12.6. The highest BCUT2D eigenvalue weighted by Gasteiger charge is 2.27. The van der Waals surface area contributed by atoms with E-state index >= 15 is 0 Å². The van der Waals surface area contributed by atoms with Crippen molar-refractivity contribution in [1.82, 2.24) is 10.3 Å². The molecule has 1 atom stereocenters. The van der Waals surface area contributed by atoms with Crippen LogP contribution in [0.2, 0.25) is 0 Å². The first-order valence-electron chi connectivity index (χ1n) is 10.2. The molecule has 2 heterocycles. The standard InChI is InChI=1S/C24H28N2O2/c1-24(2,3)17-8-6-16(7-9-17)20(14-18-10-13-22(27)25-18)21-12-11-19(15-4-5-15)23(28)26-21/h6-9,11-12,14-15,18H,4-5,10,13H2,1-3H3,(H,25,27)(H,26,28)/t18-/m1/s1. The fourth-order valence-electron chi connectivity index (χ4n) is 3.81. The number of H-pyrrole nitrogens is 1. The van der Waals surface area contributed by atoms with E-state index in [9.17, 15) is 9.59 Å². The number of carbonyl (C=O) groups excluding carboxylic acids is 1. The molecule has 4 rings (SSSR count). The minimum atomic E-state index is -0.00333. The normalized spacial score (nSPS) is 20.3. The van der Waals surface area contributed by atoms with Crippen LogP contribution in [0.25, 0.3) is 5.57 Å². The molecule has 0 bridgehead atoms. The quantitative estimate of drug-likeness (QED) is 0.837. The first kappa shape index (κ1) is 18.7. The summed E-state index contributed by atoms with van der Waals surface area (Å²) in [5.74, 6) is 0.506. The number of carbonyl (C=O) groups is 1. The van der Waals surface area contributed by atoms with E-state index in [4.69, 9.17) is 0 Å². The van der Waals surface area contributed by atoms with Crippen molar-refractivity contribution in [2.45, 2.75) is 63.8 Å². The highest BCUT2D eigenvalue weighted by atomic mass is 16.2. The summed E-state index contributed by atoms with van der Waals surface area (Å²) in [5.41, 5.74) is 5.06.